The molecular formula is C18H18N2O3S. The molecule has 0 fully saturated rings. The first kappa shape index (κ1) is 16.4. The molecule has 0 unspecified atom stereocenters. The van der Waals surface area contributed by atoms with Crippen LogP contribution >= 0.6 is 11.8 Å². The Labute approximate surface area is 144 Å². The predicted octanol–water partition coefficient (Wildman–Crippen LogP) is 3.95. The van der Waals surface area contributed by atoms with Crippen molar-refractivity contribution in [3.8, 4) is 11.4 Å². The van der Waals surface area contributed by atoms with E-state index >= 15 is 0 Å². The number of aromatic nitrogens is 2. The molecular weight excluding hydrogens is 324 g/mol. The zero-order valence-corrected chi connectivity index (χ0v) is 14.3. The number of aromatic hydroxyl groups is 1. The Hall–Kier alpha value is -2.47. The van der Waals surface area contributed by atoms with E-state index in [0.717, 1.165) is 17.1 Å². The molecule has 0 aliphatic rings. The average Bonchev–Trinajstić information content (AvgIpc) is 3.04. The van der Waals surface area contributed by atoms with Crippen LogP contribution in [-0.2, 0) is 5.75 Å². The van der Waals surface area contributed by atoms with Crippen molar-refractivity contribution in [1.82, 2.24) is 9.55 Å². The Balaban J connectivity index is 1.77. The van der Waals surface area contributed by atoms with Gasteiger partial charge in [-0.15, -0.1) is 0 Å². The third-order valence-corrected chi connectivity index (χ3v) is 4.64. The van der Waals surface area contributed by atoms with Crippen LogP contribution in [0.4, 0.5) is 0 Å². The second-order valence-corrected chi connectivity index (χ2v) is 6.65. The Morgan fingerprint density at radius 1 is 1.29 bits per heavy atom. The normalized spacial score (nSPS) is 11.1. The van der Waals surface area contributed by atoms with Crippen molar-refractivity contribution >= 4 is 11.8 Å². The first-order valence-corrected chi connectivity index (χ1v) is 8.60. The first-order chi connectivity index (χ1) is 11.5. The Bertz CT molecular complexity index is 882. The molecule has 6 heteroatoms. The van der Waals surface area contributed by atoms with Gasteiger partial charge in [-0.3, -0.25) is 9.36 Å². The van der Waals surface area contributed by atoms with Crippen molar-refractivity contribution in [3.63, 3.8) is 0 Å². The van der Waals surface area contributed by atoms with E-state index in [1.54, 1.807) is 6.20 Å². The van der Waals surface area contributed by atoms with Gasteiger partial charge in [0, 0.05) is 24.1 Å². The molecule has 1 aromatic carbocycles. The summed E-state index contributed by atoms with van der Waals surface area (Å²) in [4.78, 5) is 15.8. The van der Waals surface area contributed by atoms with Crippen LogP contribution in [0.15, 0.2) is 63.4 Å². The molecule has 0 saturated carbocycles. The molecule has 0 bridgehead atoms. The summed E-state index contributed by atoms with van der Waals surface area (Å²) in [5.41, 5.74) is 1.88. The van der Waals surface area contributed by atoms with Crippen LogP contribution in [0, 0.1) is 0 Å². The highest BCUT2D eigenvalue weighted by atomic mass is 32.2. The minimum absolute atomic E-state index is 0.379. The molecule has 0 amide bonds. The fourth-order valence-corrected chi connectivity index (χ4v) is 3.13. The van der Waals surface area contributed by atoms with E-state index in [9.17, 15) is 9.90 Å². The van der Waals surface area contributed by atoms with Crippen molar-refractivity contribution in [3.05, 3.63) is 70.5 Å². The molecule has 5 nitrogen and oxygen atoms in total. The summed E-state index contributed by atoms with van der Waals surface area (Å²) in [6, 6.07) is 9.68. The van der Waals surface area contributed by atoms with Crippen molar-refractivity contribution in [2.75, 3.05) is 0 Å². The molecule has 0 radical (unpaired) electrons. The lowest BCUT2D eigenvalue weighted by atomic mass is 10.0. The Morgan fingerprint density at radius 3 is 2.71 bits per heavy atom. The number of rotatable bonds is 5. The molecule has 0 aliphatic carbocycles. The standard InChI is InChI=1S/C18H18N2O3S/c1-12(2)13-3-5-14(6-4-13)20-8-7-19-18(20)24-11-15-9-16(21)17(22)10-23-15/h3-10,12,22H,11H2,1-2H3. The van der Waals surface area contributed by atoms with Crippen LogP contribution in [0.5, 0.6) is 5.75 Å². The van der Waals surface area contributed by atoms with Gasteiger partial charge >= 0.3 is 0 Å². The quantitative estimate of drug-likeness (QED) is 0.711. The molecule has 24 heavy (non-hydrogen) atoms. The van der Waals surface area contributed by atoms with Gasteiger partial charge in [0.25, 0.3) is 0 Å². The summed E-state index contributed by atoms with van der Waals surface area (Å²) in [6.07, 6.45) is 4.71. The highest BCUT2D eigenvalue weighted by Gasteiger charge is 2.09. The summed E-state index contributed by atoms with van der Waals surface area (Å²) in [6.45, 7) is 4.33. The second-order valence-electron chi connectivity index (χ2n) is 5.71. The predicted molar refractivity (Wildman–Crippen MR) is 93.9 cm³/mol. The minimum atomic E-state index is -0.440. The summed E-state index contributed by atoms with van der Waals surface area (Å²) in [5.74, 6) is 1.06. The van der Waals surface area contributed by atoms with Crippen molar-refractivity contribution < 1.29 is 9.52 Å². The maximum Gasteiger partial charge on any atom is 0.226 e. The van der Waals surface area contributed by atoms with Gasteiger partial charge in [-0.05, 0) is 23.6 Å². The number of imidazole rings is 1. The Morgan fingerprint density at radius 2 is 2.04 bits per heavy atom. The van der Waals surface area contributed by atoms with E-state index < -0.39 is 5.43 Å². The number of benzene rings is 1. The third kappa shape index (κ3) is 3.54. The van der Waals surface area contributed by atoms with E-state index in [1.807, 2.05) is 10.8 Å². The SMILES string of the molecule is CC(C)c1ccc(-n2ccnc2SCc2cc(=O)c(O)co2)cc1. The van der Waals surface area contributed by atoms with E-state index in [2.05, 4.69) is 43.1 Å². The summed E-state index contributed by atoms with van der Waals surface area (Å²) < 4.78 is 7.21. The van der Waals surface area contributed by atoms with Crippen LogP contribution in [0.25, 0.3) is 5.69 Å². The lowest BCUT2D eigenvalue weighted by Crippen LogP contribution is -2.00. The average molecular weight is 342 g/mol. The van der Waals surface area contributed by atoms with Gasteiger partial charge in [0.1, 0.15) is 12.0 Å². The molecule has 0 atom stereocenters. The lowest BCUT2D eigenvalue weighted by Gasteiger charge is -2.10. The van der Waals surface area contributed by atoms with Crippen LogP contribution < -0.4 is 5.43 Å². The maximum atomic E-state index is 11.4. The summed E-state index contributed by atoms with van der Waals surface area (Å²) in [5, 5.41) is 10.0. The first-order valence-electron chi connectivity index (χ1n) is 7.62. The molecule has 1 N–H and O–H groups in total. The van der Waals surface area contributed by atoms with E-state index in [1.165, 1.54) is 23.4 Å². The molecule has 0 spiro atoms. The van der Waals surface area contributed by atoms with Gasteiger partial charge in [0.05, 0.1) is 5.75 Å². The molecule has 0 aliphatic heterocycles. The zero-order valence-electron chi connectivity index (χ0n) is 13.5. The fraction of sp³-hybridized carbons (Fsp3) is 0.222. The molecule has 2 aromatic heterocycles. The van der Waals surface area contributed by atoms with E-state index in [4.69, 9.17) is 4.42 Å². The van der Waals surface area contributed by atoms with Crippen LogP contribution in [0.2, 0.25) is 0 Å². The van der Waals surface area contributed by atoms with Crippen LogP contribution in [0.1, 0.15) is 31.1 Å². The largest absolute Gasteiger partial charge is 0.502 e. The smallest absolute Gasteiger partial charge is 0.226 e. The minimum Gasteiger partial charge on any atom is -0.502 e. The second kappa shape index (κ2) is 6.97. The number of nitrogens with zero attached hydrogens (tertiary/aromatic N) is 2. The summed E-state index contributed by atoms with van der Waals surface area (Å²) >= 11 is 1.46. The monoisotopic (exact) mass is 342 g/mol. The lowest BCUT2D eigenvalue weighted by molar-refractivity contribution is 0.419. The van der Waals surface area contributed by atoms with Gasteiger partial charge in [0.15, 0.2) is 10.9 Å². The van der Waals surface area contributed by atoms with Gasteiger partial charge < -0.3 is 9.52 Å². The third-order valence-electron chi connectivity index (χ3n) is 3.65. The molecule has 124 valence electrons. The number of hydrogen-bond donors (Lipinski definition) is 1. The maximum absolute atomic E-state index is 11.4. The van der Waals surface area contributed by atoms with E-state index in [0.29, 0.717) is 17.4 Å². The van der Waals surface area contributed by atoms with Gasteiger partial charge in [-0.2, -0.15) is 0 Å². The highest BCUT2D eigenvalue weighted by molar-refractivity contribution is 7.98. The molecule has 2 heterocycles. The van der Waals surface area contributed by atoms with Crippen molar-refractivity contribution in [2.45, 2.75) is 30.7 Å². The number of hydrogen-bond acceptors (Lipinski definition) is 5. The summed E-state index contributed by atoms with van der Waals surface area (Å²) in [7, 11) is 0. The molecule has 0 saturated heterocycles. The highest BCUT2D eigenvalue weighted by Crippen LogP contribution is 2.25. The van der Waals surface area contributed by atoms with Gasteiger partial charge in [-0.1, -0.05) is 37.7 Å². The topological polar surface area (TPSA) is 68.3 Å². The molecule has 3 aromatic rings. The van der Waals surface area contributed by atoms with Gasteiger partial charge in [0.2, 0.25) is 5.43 Å². The van der Waals surface area contributed by atoms with Gasteiger partial charge in [-0.25, -0.2) is 4.98 Å². The number of thioether (sulfide) groups is 1. The Kier molecular flexibility index (Phi) is 4.76. The fourth-order valence-electron chi connectivity index (χ4n) is 2.27. The van der Waals surface area contributed by atoms with Crippen LogP contribution in [-0.4, -0.2) is 14.7 Å². The molecule has 3 rings (SSSR count). The van der Waals surface area contributed by atoms with Crippen LogP contribution in [0.3, 0.4) is 0 Å². The van der Waals surface area contributed by atoms with Crippen molar-refractivity contribution in [2.24, 2.45) is 0 Å². The zero-order chi connectivity index (χ0) is 17.1. The van der Waals surface area contributed by atoms with E-state index in [-0.39, 0.29) is 5.75 Å². The van der Waals surface area contributed by atoms with Crippen molar-refractivity contribution in [1.29, 1.82) is 0 Å².